The molecule has 1 aliphatic rings. The minimum absolute atomic E-state index is 0.0958. The zero-order chi connectivity index (χ0) is 12.8. The summed E-state index contributed by atoms with van der Waals surface area (Å²) in [6, 6.07) is 2.24. The molecule has 5 nitrogen and oxygen atoms in total. The third kappa shape index (κ3) is 1.93. The number of carbonyl (C=O) groups is 1. The van der Waals surface area contributed by atoms with Gasteiger partial charge < -0.3 is 15.6 Å². The van der Waals surface area contributed by atoms with E-state index in [0.29, 0.717) is 11.3 Å². The van der Waals surface area contributed by atoms with E-state index in [1.807, 2.05) is 20.8 Å². The van der Waals surface area contributed by atoms with Crippen molar-refractivity contribution in [2.75, 3.05) is 5.43 Å². The van der Waals surface area contributed by atoms with Crippen LogP contribution in [0, 0.1) is 5.41 Å². The monoisotopic (exact) mass is 236 g/mol. The number of hydrogen-bond donors (Lipinski definition) is 4. The van der Waals surface area contributed by atoms with Crippen molar-refractivity contribution in [1.82, 2.24) is 5.43 Å². The van der Waals surface area contributed by atoms with E-state index in [1.54, 1.807) is 0 Å². The van der Waals surface area contributed by atoms with Gasteiger partial charge in [-0.3, -0.25) is 4.79 Å². The molecule has 17 heavy (non-hydrogen) atoms. The van der Waals surface area contributed by atoms with E-state index in [4.69, 9.17) is 0 Å². The first-order valence-corrected chi connectivity index (χ1v) is 5.42. The summed E-state index contributed by atoms with van der Waals surface area (Å²) in [7, 11) is 0. The van der Waals surface area contributed by atoms with Crippen molar-refractivity contribution in [2.45, 2.75) is 26.8 Å². The zero-order valence-electron chi connectivity index (χ0n) is 10.0. The summed E-state index contributed by atoms with van der Waals surface area (Å²) < 4.78 is 0. The van der Waals surface area contributed by atoms with Crippen LogP contribution >= 0.6 is 0 Å². The summed E-state index contributed by atoms with van der Waals surface area (Å²) in [5, 5.41) is 18.8. The molecule has 5 heteroatoms. The van der Waals surface area contributed by atoms with Gasteiger partial charge in [-0.25, -0.2) is 5.43 Å². The Hall–Kier alpha value is -1.75. The van der Waals surface area contributed by atoms with Crippen molar-refractivity contribution in [3.63, 3.8) is 0 Å². The van der Waals surface area contributed by atoms with E-state index >= 15 is 0 Å². The Balaban J connectivity index is 2.46. The van der Waals surface area contributed by atoms with Crippen molar-refractivity contribution in [3.8, 4) is 11.5 Å². The van der Waals surface area contributed by atoms with Gasteiger partial charge in [0.15, 0.2) is 17.3 Å². The molecule has 0 aromatic heterocycles. The van der Waals surface area contributed by atoms with E-state index in [-0.39, 0.29) is 28.7 Å². The van der Waals surface area contributed by atoms with Gasteiger partial charge in [0.2, 0.25) is 0 Å². The molecular formula is C12H16N2O3. The molecule has 0 fully saturated rings. The van der Waals surface area contributed by atoms with Crippen molar-refractivity contribution in [2.24, 2.45) is 5.41 Å². The molecule has 4 N–H and O–H groups in total. The standard InChI is InChI=1S/C12H16N2O3/c1-12(2,3)11-10(17)6-4-8(15)9(16)5-7(6)13-14-11/h4-5,11,13-16H,1-3H3. The number of hydrazine groups is 1. The fourth-order valence-corrected chi connectivity index (χ4v) is 1.86. The molecule has 0 amide bonds. The van der Waals surface area contributed by atoms with Gasteiger partial charge in [-0.2, -0.15) is 0 Å². The molecule has 1 atom stereocenters. The largest absolute Gasteiger partial charge is 0.504 e. The molecule has 1 aliphatic heterocycles. The predicted octanol–water partition coefficient (Wildman–Crippen LogP) is 1.63. The lowest BCUT2D eigenvalue weighted by atomic mass is 9.81. The first kappa shape index (κ1) is 11.7. The number of aromatic hydroxyl groups is 2. The van der Waals surface area contributed by atoms with Crippen LogP contribution in [0.4, 0.5) is 5.69 Å². The molecule has 0 spiro atoms. The molecular weight excluding hydrogens is 220 g/mol. The number of nitrogens with one attached hydrogen (secondary N) is 2. The van der Waals surface area contributed by atoms with E-state index < -0.39 is 0 Å². The summed E-state index contributed by atoms with van der Waals surface area (Å²) in [5.41, 5.74) is 6.42. The van der Waals surface area contributed by atoms with Crippen LogP contribution in [0.25, 0.3) is 0 Å². The molecule has 2 rings (SSSR count). The number of anilines is 1. The van der Waals surface area contributed by atoms with Crippen molar-refractivity contribution in [3.05, 3.63) is 17.7 Å². The first-order valence-electron chi connectivity index (χ1n) is 5.42. The predicted molar refractivity (Wildman–Crippen MR) is 64.1 cm³/mol. The SMILES string of the molecule is CC(C)(C)C1NNc2cc(O)c(O)cc2C1=O. The van der Waals surface area contributed by atoms with E-state index in [1.165, 1.54) is 12.1 Å². The van der Waals surface area contributed by atoms with Crippen LogP contribution in [0.5, 0.6) is 11.5 Å². The number of hydrogen-bond acceptors (Lipinski definition) is 5. The van der Waals surface area contributed by atoms with Crippen LogP contribution in [0.15, 0.2) is 12.1 Å². The number of rotatable bonds is 0. The number of phenolic OH excluding ortho intramolecular Hbond substituents is 2. The maximum Gasteiger partial charge on any atom is 0.184 e. The lowest BCUT2D eigenvalue weighted by Gasteiger charge is -2.35. The van der Waals surface area contributed by atoms with Crippen LogP contribution in [0.1, 0.15) is 31.1 Å². The molecule has 0 aliphatic carbocycles. The third-order valence-corrected chi connectivity index (χ3v) is 2.86. The smallest absolute Gasteiger partial charge is 0.184 e. The molecule has 92 valence electrons. The number of phenols is 2. The van der Waals surface area contributed by atoms with E-state index in [2.05, 4.69) is 10.9 Å². The number of benzene rings is 1. The Labute approximate surface area is 99.4 Å². The minimum atomic E-state index is -0.376. The summed E-state index contributed by atoms with van der Waals surface area (Å²) in [6.45, 7) is 5.86. The van der Waals surface area contributed by atoms with E-state index in [9.17, 15) is 15.0 Å². The van der Waals surface area contributed by atoms with Gasteiger partial charge in [-0.1, -0.05) is 20.8 Å². The second-order valence-corrected chi connectivity index (χ2v) is 5.32. The van der Waals surface area contributed by atoms with Crippen molar-refractivity contribution < 1.29 is 15.0 Å². The van der Waals surface area contributed by atoms with Gasteiger partial charge in [-0.15, -0.1) is 0 Å². The molecule has 0 saturated heterocycles. The minimum Gasteiger partial charge on any atom is -0.504 e. The van der Waals surface area contributed by atoms with Crippen molar-refractivity contribution in [1.29, 1.82) is 0 Å². The number of ketones is 1. The zero-order valence-corrected chi connectivity index (χ0v) is 10.0. The Bertz CT molecular complexity index is 477. The van der Waals surface area contributed by atoms with Crippen LogP contribution in [0.3, 0.4) is 0 Å². The first-order chi connectivity index (χ1) is 7.80. The van der Waals surface area contributed by atoms with E-state index in [0.717, 1.165) is 0 Å². The van der Waals surface area contributed by atoms with Gasteiger partial charge in [0.05, 0.1) is 11.7 Å². The topological polar surface area (TPSA) is 81.6 Å². The highest BCUT2D eigenvalue weighted by Crippen LogP contribution is 2.35. The second-order valence-electron chi connectivity index (χ2n) is 5.32. The van der Waals surface area contributed by atoms with Gasteiger partial charge in [0, 0.05) is 11.6 Å². The Kier molecular flexibility index (Phi) is 2.50. The molecule has 0 bridgehead atoms. The Morgan fingerprint density at radius 2 is 1.76 bits per heavy atom. The highest BCUT2D eigenvalue weighted by atomic mass is 16.3. The fourth-order valence-electron chi connectivity index (χ4n) is 1.86. The number of carbonyl (C=O) groups excluding carboxylic acids is 1. The normalized spacial score (nSPS) is 19.7. The quantitative estimate of drug-likeness (QED) is 0.406. The average Bonchev–Trinajstić information content (AvgIpc) is 2.19. The number of fused-ring (bicyclic) bond motifs is 1. The maximum atomic E-state index is 12.2. The van der Waals surface area contributed by atoms with Crippen LogP contribution < -0.4 is 10.9 Å². The summed E-state index contributed by atoms with van der Waals surface area (Å²) in [4.78, 5) is 12.2. The molecule has 1 aromatic carbocycles. The molecule has 1 unspecified atom stereocenters. The Morgan fingerprint density at radius 1 is 1.18 bits per heavy atom. The number of Topliss-reactive ketones (excluding diaryl/α,β-unsaturated/α-hetero) is 1. The van der Waals surface area contributed by atoms with Crippen LogP contribution in [-0.4, -0.2) is 22.0 Å². The highest BCUT2D eigenvalue weighted by Gasteiger charge is 2.36. The van der Waals surface area contributed by atoms with Gasteiger partial charge in [-0.05, 0) is 11.5 Å². The molecule has 0 saturated carbocycles. The lowest BCUT2D eigenvalue weighted by Crippen LogP contribution is -2.52. The van der Waals surface area contributed by atoms with Gasteiger partial charge in [0.25, 0.3) is 0 Å². The highest BCUT2D eigenvalue weighted by molar-refractivity contribution is 6.07. The molecule has 1 heterocycles. The maximum absolute atomic E-state index is 12.2. The Morgan fingerprint density at radius 3 is 2.35 bits per heavy atom. The van der Waals surface area contributed by atoms with Crippen LogP contribution in [-0.2, 0) is 0 Å². The third-order valence-electron chi connectivity index (χ3n) is 2.86. The molecule has 1 aromatic rings. The van der Waals surface area contributed by atoms with Crippen LogP contribution in [0.2, 0.25) is 0 Å². The second kappa shape index (κ2) is 3.63. The van der Waals surface area contributed by atoms with Gasteiger partial charge in [0.1, 0.15) is 0 Å². The summed E-state index contributed by atoms with van der Waals surface area (Å²) in [5.74, 6) is -0.630. The summed E-state index contributed by atoms with van der Waals surface area (Å²) >= 11 is 0. The van der Waals surface area contributed by atoms with Gasteiger partial charge >= 0.3 is 0 Å². The molecule has 0 radical (unpaired) electrons. The van der Waals surface area contributed by atoms with Crippen molar-refractivity contribution >= 4 is 11.5 Å². The summed E-state index contributed by atoms with van der Waals surface area (Å²) in [6.07, 6.45) is 0. The lowest BCUT2D eigenvalue weighted by molar-refractivity contribution is 0.0865. The fraction of sp³-hybridized carbons (Fsp3) is 0.417. The average molecular weight is 236 g/mol.